The molecule has 1 rings (SSSR count). The van der Waals surface area contributed by atoms with Crippen LogP contribution in [0.5, 0.6) is 0 Å². The molecule has 0 aliphatic rings. The van der Waals surface area contributed by atoms with E-state index < -0.39 is 0 Å². The van der Waals surface area contributed by atoms with Crippen molar-refractivity contribution in [3.63, 3.8) is 0 Å². The third kappa shape index (κ3) is 5.62. The molecule has 1 aromatic heterocycles. The first-order valence-electron chi connectivity index (χ1n) is 5.39. The second kappa shape index (κ2) is 7.34. The zero-order chi connectivity index (χ0) is 12.5. The Hall–Kier alpha value is -1.95. The van der Waals surface area contributed by atoms with Crippen LogP contribution in [0.25, 0.3) is 0 Å². The van der Waals surface area contributed by atoms with Gasteiger partial charge in [0.05, 0.1) is 0 Å². The maximum absolute atomic E-state index is 11.4. The molecule has 4 N–H and O–H groups in total. The number of rotatable bonds is 6. The van der Waals surface area contributed by atoms with Crippen LogP contribution in [0.1, 0.15) is 12.8 Å². The molecule has 0 unspecified atom stereocenters. The molecule has 0 bridgehead atoms. The lowest BCUT2D eigenvalue weighted by Gasteiger charge is -2.05. The summed E-state index contributed by atoms with van der Waals surface area (Å²) in [4.78, 5) is 26.3. The van der Waals surface area contributed by atoms with E-state index in [1.807, 2.05) is 0 Å². The first-order chi connectivity index (χ1) is 8.22. The van der Waals surface area contributed by atoms with Crippen LogP contribution in [0, 0.1) is 0 Å². The molecule has 0 spiro atoms. The Balaban J connectivity index is 2.20. The Morgan fingerprint density at radius 1 is 1.18 bits per heavy atom. The summed E-state index contributed by atoms with van der Waals surface area (Å²) in [5.41, 5.74) is 5.91. The topological polar surface area (TPSA) is 97.1 Å². The Kier molecular flexibility index (Phi) is 5.67. The van der Waals surface area contributed by atoms with Gasteiger partial charge in [0.15, 0.2) is 0 Å². The summed E-state index contributed by atoms with van der Waals surface area (Å²) < 4.78 is 0. The number of nitrogens with zero attached hydrogens (tertiary/aromatic N) is 1. The Bertz CT molecular complexity index is 367. The fourth-order valence-electron chi connectivity index (χ4n) is 1.19. The van der Waals surface area contributed by atoms with Gasteiger partial charge in [0.2, 0.25) is 11.8 Å². The van der Waals surface area contributed by atoms with Gasteiger partial charge in [-0.2, -0.15) is 0 Å². The van der Waals surface area contributed by atoms with Gasteiger partial charge >= 0.3 is 0 Å². The smallest absolute Gasteiger partial charge is 0.226 e. The molecule has 6 nitrogen and oxygen atoms in total. The molecule has 0 aliphatic carbocycles. The van der Waals surface area contributed by atoms with Crippen molar-refractivity contribution in [1.82, 2.24) is 10.3 Å². The fraction of sp³-hybridized carbons (Fsp3) is 0.364. The molecule has 1 heterocycles. The molecule has 0 saturated carbocycles. The standard InChI is InChI=1S/C11H16N4O2/c12-5-1-10(16)14-8-4-11(17)15-9-2-6-13-7-3-9/h2-3,6-7H,1,4-5,8,12H2,(H,14,16)(H,13,15,17). The molecule has 0 radical (unpaired) electrons. The van der Waals surface area contributed by atoms with E-state index in [9.17, 15) is 9.59 Å². The van der Waals surface area contributed by atoms with E-state index in [0.717, 1.165) is 0 Å². The van der Waals surface area contributed by atoms with Crippen molar-refractivity contribution in [2.75, 3.05) is 18.4 Å². The Labute approximate surface area is 99.6 Å². The van der Waals surface area contributed by atoms with Crippen LogP contribution in [0.4, 0.5) is 5.69 Å². The van der Waals surface area contributed by atoms with Crippen molar-refractivity contribution in [2.24, 2.45) is 5.73 Å². The average Bonchev–Trinajstić information content (AvgIpc) is 2.30. The highest BCUT2D eigenvalue weighted by atomic mass is 16.2. The van der Waals surface area contributed by atoms with Gasteiger partial charge in [-0.15, -0.1) is 0 Å². The number of hydrogen-bond acceptors (Lipinski definition) is 4. The van der Waals surface area contributed by atoms with Crippen molar-refractivity contribution >= 4 is 17.5 Å². The van der Waals surface area contributed by atoms with E-state index in [1.165, 1.54) is 0 Å². The predicted octanol–water partition coefficient (Wildman–Crippen LogP) is -0.125. The van der Waals surface area contributed by atoms with Gasteiger partial charge in [0.25, 0.3) is 0 Å². The lowest BCUT2D eigenvalue weighted by molar-refractivity contribution is -0.121. The maximum atomic E-state index is 11.4. The normalized spacial score (nSPS) is 9.71. The number of aromatic nitrogens is 1. The largest absolute Gasteiger partial charge is 0.356 e. The molecule has 0 aromatic carbocycles. The number of amides is 2. The van der Waals surface area contributed by atoms with Gasteiger partial charge in [0.1, 0.15) is 0 Å². The molecule has 17 heavy (non-hydrogen) atoms. The van der Waals surface area contributed by atoms with E-state index in [-0.39, 0.29) is 24.7 Å². The summed E-state index contributed by atoms with van der Waals surface area (Å²) >= 11 is 0. The van der Waals surface area contributed by atoms with Crippen LogP contribution in [-0.2, 0) is 9.59 Å². The van der Waals surface area contributed by atoms with Crippen molar-refractivity contribution in [3.05, 3.63) is 24.5 Å². The molecule has 0 fully saturated rings. The molecular formula is C11H16N4O2. The molecule has 0 aliphatic heterocycles. The summed E-state index contributed by atoms with van der Waals surface area (Å²) in [5, 5.41) is 5.30. The van der Waals surface area contributed by atoms with E-state index in [0.29, 0.717) is 18.8 Å². The van der Waals surface area contributed by atoms with Crippen LogP contribution in [0.15, 0.2) is 24.5 Å². The van der Waals surface area contributed by atoms with Crippen molar-refractivity contribution in [2.45, 2.75) is 12.8 Å². The first kappa shape index (κ1) is 13.1. The van der Waals surface area contributed by atoms with Gasteiger partial charge in [-0.3, -0.25) is 14.6 Å². The van der Waals surface area contributed by atoms with Gasteiger partial charge in [0, 0.05) is 44.0 Å². The van der Waals surface area contributed by atoms with Crippen LogP contribution >= 0.6 is 0 Å². The van der Waals surface area contributed by atoms with Gasteiger partial charge in [-0.1, -0.05) is 0 Å². The zero-order valence-electron chi connectivity index (χ0n) is 9.48. The first-order valence-corrected chi connectivity index (χ1v) is 5.39. The summed E-state index contributed by atoms with van der Waals surface area (Å²) in [5.74, 6) is -0.284. The quantitative estimate of drug-likeness (QED) is 0.641. The summed E-state index contributed by atoms with van der Waals surface area (Å²) in [6.07, 6.45) is 3.71. The average molecular weight is 236 g/mol. The van der Waals surface area contributed by atoms with Crippen LogP contribution in [-0.4, -0.2) is 29.9 Å². The van der Waals surface area contributed by atoms with Crippen LogP contribution in [0.3, 0.4) is 0 Å². The van der Waals surface area contributed by atoms with Gasteiger partial charge in [-0.25, -0.2) is 0 Å². The van der Waals surface area contributed by atoms with Gasteiger partial charge < -0.3 is 16.4 Å². The molecular weight excluding hydrogens is 220 g/mol. The summed E-state index contributed by atoms with van der Waals surface area (Å²) in [6, 6.07) is 3.40. The van der Waals surface area contributed by atoms with Crippen molar-refractivity contribution in [1.29, 1.82) is 0 Å². The number of nitrogens with one attached hydrogen (secondary N) is 2. The van der Waals surface area contributed by atoms with E-state index in [1.54, 1.807) is 24.5 Å². The lowest BCUT2D eigenvalue weighted by Crippen LogP contribution is -2.29. The summed E-state index contributed by atoms with van der Waals surface area (Å²) in [7, 11) is 0. The highest BCUT2D eigenvalue weighted by Gasteiger charge is 2.03. The van der Waals surface area contributed by atoms with E-state index >= 15 is 0 Å². The fourth-order valence-corrected chi connectivity index (χ4v) is 1.19. The number of pyridine rings is 1. The van der Waals surface area contributed by atoms with Gasteiger partial charge in [-0.05, 0) is 12.1 Å². The second-order valence-corrected chi connectivity index (χ2v) is 3.42. The molecule has 6 heteroatoms. The minimum atomic E-state index is -0.149. The molecule has 2 amide bonds. The molecule has 0 saturated heterocycles. The monoisotopic (exact) mass is 236 g/mol. The highest BCUT2D eigenvalue weighted by molar-refractivity contribution is 5.91. The third-order valence-corrected chi connectivity index (χ3v) is 2.01. The maximum Gasteiger partial charge on any atom is 0.226 e. The van der Waals surface area contributed by atoms with E-state index in [2.05, 4.69) is 15.6 Å². The number of carbonyl (C=O) groups is 2. The summed E-state index contributed by atoms with van der Waals surface area (Å²) in [6.45, 7) is 0.630. The molecule has 0 atom stereocenters. The zero-order valence-corrected chi connectivity index (χ0v) is 9.48. The number of nitrogens with two attached hydrogens (primary N) is 1. The van der Waals surface area contributed by atoms with E-state index in [4.69, 9.17) is 5.73 Å². The van der Waals surface area contributed by atoms with Crippen molar-refractivity contribution < 1.29 is 9.59 Å². The highest BCUT2D eigenvalue weighted by Crippen LogP contribution is 2.03. The second-order valence-electron chi connectivity index (χ2n) is 3.42. The van der Waals surface area contributed by atoms with Crippen LogP contribution in [0.2, 0.25) is 0 Å². The Morgan fingerprint density at radius 2 is 1.88 bits per heavy atom. The minimum absolute atomic E-state index is 0.135. The number of anilines is 1. The van der Waals surface area contributed by atoms with Crippen LogP contribution < -0.4 is 16.4 Å². The number of carbonyl (C=O) groups excluding carboxylic acids is 2. The lowest BCUT2D eigenvalue weighted by atomic mass is 10.3. The van der Waals surface area contributed by atoms with Crippen molar-refractivity contribution in [3.8, 4) is 0 Å². The SMILES string of the molecule is NCCC(=O)NCCC(=O)Nc1ccncc1. The predicted molar refractivity (Wildman–Crippen MR) is 64.2 cm³/mol. The Morgan fingerprint density at radius 3 is 2.53 bits per heavy atom. The number of hydrogen-bond donors (Lipinski definition) is 3. The third-order valence-electron chi connectivity index (χ3n) is 2.01. The molecule has 1 aromatic rings. The molecule has 92 valence electrons. The minimum Gasteiger partial charge on any atom is -0.356 e.